The monoisotopic (exact) mass is 357 g/mol. The Morgan fingerprint density at radius 3 is 1.50 bits per heavy atom. The number of rotatable bonds is 0. The van der Waals surface area contributed by atoms with Crippen LogP contribution in [0, 0.1) is 0 Å². The molecule has 60 valence electrons. The van der Waals surface area contributed by atoms with Crippen LogP contribution >= 0.6 is 0 Å². The maximum absolute atomic E-state index is 2.12. The SMILES string of the molecule is C1=CC=CCC=C1.[Cl-].[Cl-].[Pt+2]. The minimum atomic E-state index is 0. The van der Waals surface area contributed by atoms with E-state index in [1.165, 1.54) is 0 Å². The Kier molecular flexibility index (Phi) is 20.5. The maximum Gasteiger partial charge on any atom is 2.00 e. The van der Waals surface area contributed by atoms with Crippen LogP contribution in [0.2, 0.25) is 0 Å². The van der Waals surface area contributed by atoms with E-state index in [2.05, 4.69) is 24.3 Å². The van der Waals surface area contributed by atoms with Crippen LogP contribution in [0.3, 0.4) is 0 Å². The van der Waals surface area contributed by atoms with Crippen LogP contribution in [0.25, 0.3) is 0 Å². The third-order valence-electron chi connectivity index (χ3n) is 0.878. The number of halogens is 2. The molecule has 0 fully saturated rings. The molecule has 1 rings (SSSR count). The quantitative estimate of drug-likeness (QED) is 0.415. The molecule has 0 aliphatic heterocycles. The summed E-state index contributed by atoms with van der Waals surface area (Å²) in [4.78, 5) is 0. The Labute approximate surface area is 88.5 Å². The van der Waals surface area contributed by atoms with Crippen molar-refractivity contribution in [2.24, 2.45) is 0 Å². The van der Waals surface area contributed by atoms with Gasteiger partial charge in [-0.15, -0.1) is 0 Å². The van der Waals surface area contributed by atoms with E-state index in [4.69, 9.17) is 0 Å². The van der Waals surface area contributed by atoms with Gasteiger partial charge in [0.15, 0.2) is 0 Å². The van der Waals surface area contributed by atoms with Crippen LogP contribution < -0.4 is 24.8 Å². The molecule has 0 aromatic rings. The number of hydrogen-bond acceptors (Lipinski definition) is 0. The average molecular weight is 358 g/mol. The van der Waals surface area contributed by atoms with Gasteiger partial charge in [-0.25, -0.2) is 0 Å². The smallest absolute Gasteiger partial charge is 1.00 e. The molecule has 0 unspecified atom stereocenters. The van der Waals surface area contributed by atoms with Crippen LogP contribution in [0.5, 0.6) is 0 Å². The standard InChI is InChI=1S/C7H8.2ClH.Pt/c1-2-4-6-7-5-3-1;;;/h1-6H,7H2;2*1H;/q;;;+2/p-2. The van der Waals surface area contributed by atoms with Gasteiger partial charge in [0.1, 0.15) is 0 Å². The molecule has 0 saturated heterocycles. The van der Waals surface area contributed by atoms with Gasteiger partial charge in [-0.3, -0.25) is 0 Å². The van der Waals surface area contributed by atoms with Gasteiger partial charge in [0.2, 0.25) is 0 Å². The van der Waals surface area contributed by atoms with Crippen molar-refractivity contribution < 1.29 is 45.9 Å². The van der Waals surface area contributed by atoms with E-state index >= 15 is 0 Å². The van der Waals surface area contributed by atoms with Gasteiger partial charge in [0.05, 0.1) is 0 Å². The molecule has 1 aliphatic carbocycles. The van der Waals surface area contributed by atoms with Gasteiger partial charge in [0.25, 0.3) is 0 Å². The zero-order chi connectivity index (χ0) is 4.95. The average Bonchev–Trinajstić information content (AvgIpc) is 1.90. The third-order valence-corrected chi connectivity index (χ3v) is 0.878. The normalized spacial score (nSPS) is 12.0. The van der Waals surface area contributed by atoms with Crippen LogP contribution in [0.1, 0.15) is 6.42 Å². The molecule has 0 atom stereocenters. The molecule has 0 nitrogen and oxygen atoms in total. The van der Waals surface area contributed by atoms with E-state index in [0.717, 1.165) is 6.42 Å². The fourth-order valence-electron chi connectivity index (χ4n) is 0.521. The summed E-state index contributed by atoms with van der Waals surface area (Å²) in [6.45, 7) is 0. The molecule has 0 saturated carbocycles. The molecule has 3 heteroatoms. The first-order valence-corrected chi connectivity index (χ1v) is 2.48. The molecule has 0 radical (unpaired) electrons. The summed E-state index contributed by atoms with van der Waals surface area (Å²) in [7, 11) is 0. The van der Waals surface area contributed by atoms with Gasteiger partial charge in [-0.1, -0.05) is 36.5 Å². The fourth-order valence-corrected chi connectivity index (χ4v) is 0.521. The fraction of sp³-hybridized carbons (Fsp3) is 0.143. The Hall–Kier alpha value is 0.488. The van der Waals surface area contributed by atoms with Crippen molar-refractivity contribution in [2.45, 2.75) is 6.42 Å². The summed E-state index contributed by atoms with van der Waals surface area (Å²) in [5.74, 6) is 0. The van der Waals surface area contributed by atoms with Crippen LogP contribution in [0.15, 0.2) is 36.5 Å². The molecule has 0 aromatic carbocycles. The second kappa shape index (κ2) is 12.2. The molecule has 0 aromatic heterocycles. The van der Waals surface area contributed by atoms with Gasteiger partial charge >= 0.3 is 21.1 Å². The largest absolute Gasteiger partial charge is 2.00 e. The van der Waals surface area contributed by atoms with E-state index < -0.39 is 0 Å². The zero-order valence-electron chi connectivity index (χ0n) is 5.24. The van der Waals surface area contributed by atoms with Gasteiger partial charge in [0, 0.05) is 0 Å². The Balaban J connectivity index is -0.000000163. The van der Waals surface area contributed by atoms with Crippen molar-refractivity contribution in [2.75, 3.05) is 0 Å². The molecule has 1 aliphatic rings. The summed E-state index contributed by atoms with van der Waals surface area (Å²) in [6.07, 6.45) is 13.5. The Morgan fingerprint density at radius 2 is 1.10 bits per heavy atom. The zero-order valence-corrected chi connectivity index (χ0v) is 9.03. The first-order valence-electron chi connectivity index (χ1n) is 2.48. The summed E-state index contributed by atoms with van der Waals surface area (Å²) < 4.78 is 0. The van der Waals surface area contributed by atoms with Crippen molar-refractivity contribution in [1.82, 2.24) is 0 Å². The maximum atomic E-state index is 2.12. The molecule has 0 spiro atoms. The summed E-state index contributed by atoms with van der Waals surface area (Å²) >= 11 is 0. The van der Waals surface area contributed by atoms with Gasteiger partial charge in [-0.2, -0.15) is 0 Å². The summed E-state index contributed by atoms with van der Waals surface area (Å²) in [5.41, 5.74) is 0. The predicted molar refractivity (Wildman–Crippen MR) is 32.0 cm³/mol. The van der Waals surface area contributed by atoms with Crippen molar-refractivity contribution in [3.8, 4) is 0 Å². The molecular formula is C7H8Cl2Pt. The van der Waals surface area contributed by atoms with Crippen LogP contribution in [0.4, 0.5) is 0 Å². The van der Waals surface area contributed by atoms with E-state index in [0.29, 0.717) is 0 Å². The molecular weight excluding hydrogens is 350 g/mol. The Bertz CT molecular complexity index is 114. The Morgan fingerprint density at radius 1 is 0.700 bits per heavy atom. The first kappa shape index (κ1) is 16.8. The third kappa shape index (κ3) is 8.49. The van der Waals surface area contributed by atoms with Gasteiger partial charge < -0.3 is 24.8 Å². The minimum Gasteiger partial charge on any atom is -1.00 e. The predicted octanol–water partition coefficient (Wildman–Crippen LogP) is -3.94. The second-order valence-corrected chi connectivity index (χ2v) is 1.48. The van der Waals surface area contributed by atoms with E-state index in [1.807, 2.05) is 12.2 Å². The van der Waals surface area contributed by atoms with Crippen molar-refractivity contribution in [3.63, 3.8) is 0 Å². The molecule has 0 bridgehead atoms. The van der Waals surface area contributed by atoms with E-state index in [-0.39, 0.29) is 45.9 Å². The van der Waals surface area contributed by atoms with Crippen molar-refractivity contribution >= 4 is 0 Å². The van der Waals surface area contributed by atoms with Crippen molar-refractivity contribution in [1.29, 1.82) is 0 Å². The second-order valence-electron chi connectivity index (χ2n) is 1.48. The van der Waals surface area contributed by atoms with Gasteiger partial charge in [-0.05, 0) is 6.42 Å². The van der Waals surface area contributed by atoms with Crippen LogP contribution in [-0.2, 0) is 21.1 Å². The molecule has 0 heterocycles. The number of allylic oxidation sites excluding steroid dienone is 6. The topological polar surface area (TPSA) is 0 Å². The van der Waals surface area contributed by atoms with Crippen LogP contribution in [-0.4, -0.2) is 0 Å². The van der Waals surface area contributed by atoms with Crippen molar-refractivity contribution in [3.05, 3.63) is 36.5 Å². The summed E-state index contributed by atoms with van der Waals surface area (Å²) in [6, 6.07) is 0. The molecule has 10 heavy (non-hydrogen) atoms. The minimum absolute atomic E-state index is 0. The molecule has 0 N–H and O–H groups in total. The molecule has 0 amide bonds. The van der Waals surface area contributed by atoms with E-state index in [1.54, 1.807) is 0 Å². The summed E-state index contributed by atoms with van der Waals surface area (Å²) in [5, 5.41) is 0. The number of hydrogen-bond donors (Lipinski definition) is 0. The van der Waals surface area contributed by atoms with E-state index in [9.17, 15) is 0 Å². The first-order chi connectivity index (χ1) is 3.50.